The van der Waals surface area contributed by atoms with Crippen LogP contribution in [0.4, 0.5) is 4.39 Å². The zero-order valence-electron chi connectivity index (χ0n) is 19.3. The molecule has 0 aromatic heterocycles. The first-order chi connectivity index (χ1) is 16.0. The molecule has 2 atom stereocenters. The van der Waals surface area contributed by atoms with E-state index in [1.807, 2.05) is 59.7 Å². The van der Waals surface area contributed by atoms with Crippen molar-refractivity contribution in [3.05, 3.63) is 65.0 Å². The molecule has 1 saturated heterocycles. The van der Waals surface area contributed by atoms with Gasteiger partial charge in [-0.3, -0.25) is 9.59 Å². The SMILES string of the molecule is CCC(=O)N1CCc2ccc(OC(CC)C(=O)N3CCSCC3)cc2C1c1cccc(F)c1. The van der Waals surface area contributed by atoms with Gasteiger partial charge in [0.15, 0.2) is 6.10 Å². The first-order valence-corrected chi connectivity index (χ1v) is 12.9. The second kappa shape index (κ2) is 10.6. The quantitative estimate of drug-likeness (QED) is 0.626. The smallest absolute Gasteiger partial charge is 0.263 e. The summed E-state index contributed by atoms with van der Waals surface area (Å²) in [5.41, 5.74) is 2.79. The Morgan fingerprint density at radius 1 is 1.12 bits per heavy atom. The molecule has 2 amide bonds. The van der Waals surface area contributed by atoms with Crippen molar-refractivity contribution in [1.82, 2.24) is 9.80 Å². The van der Waals surface area contributed by atoms with Crippen LogP contribution in [0, 0.1) is 5.82 Å². The number of thioether (sulfide) groups is 1. The Balaban J connectivity index is 1.65. The van der Waals surface area contributed by atoms with E-state index in [0.29, 0.717) is 25.1 Å². The molecule has 33 heavy (non-hydrogen) atoms. The van der Waals surface area contributed by atoms with E-state index in [0.717, 1.165) is 47.7 Å². The second-order valence-corrected chi connectivity index (χ2v) is 9.69. The Labute approximate surface area is 199 Å². The number of carbonyl (C=O) groups is 2. The molecule has 4 rings (SSSR count). The molecule has 0 radical (unpaired) electrons. The van der Waals surface area contributed by atoms with Crippen LogP contribution >= 0.6 is 11.8 Å². The van der Waals surface area contributed by atoms with E-state index in [-0.39, 0.29) is 23.7 Å². The lowest BCUT2D eigenvalue weighted by molar-refractivity contribution is -0.138. The van der Waals surface area contributed by atoms with E-state index in [1.54, 1.807) is 6.07 Å². The Morgan fingerprint density at radius 3 is 2.61 bits per heavy atom. The number of amides is 2. The molecular weight excluding hydrogens is 439 g/mol. The predicted molar refractivity (Wildman–Crippen MR) is 129 cm³/mol. The van der Waals surface area contributed by atoms with Gasteiger partial charge in [0, 0.05) is 37.6 Å². The van der Waals surface area contributed by atoms with E-state index >= 15 is 0 Å². The summed E-state index contributed by atoms with van der Waals surface area (Å²) in [6, 6.07) is 11.9. The maximum Gasteiger partial charge on any atom is 0.263 e. The van der Waals surface area contributed by atoms with Crippen LogP contribution in [0.2, 0.25) is 0 Å². The highest BCUT2D eigenvalue weighted by molar-refractivity contribution is 7.99. The number of hydrogen-bond donors (Lipinski definition) is 0. The molecule has 176 valence electrons. The van der Waals surface area contributed by atoms with E-state index in [2.05, 4.69) is 0 Å². The lowest BCUT2D eigenvalue weighted by Gasteiger charge is -2.38. The van der Waals surface area contributed by atoms with Gasteiger partial charge in [-0.1, -0.05) is 32.0 Å². The van der Waals surface area contributed by atoms with Crippen molar-refractivity contribution < 1.29 is 18.7 Å². The van der Waals surface area contributed by atoms with Crippen LogP contribution in [0.15, 0.2) is 42.5 Å². The second-order valence-electron chi connectivity index (χ2n) is 8.46. The molecule has 0 aliphatic carbocycles. The molecule has 0 spiro atoms. The molecule has 0 bridgehead atoms. The van der Waals surface area contributed by atoms with Crippen LogP contribution in [0.1, 0.15) is 49.4 Å². The average molecular weight is 471 g/mol. The summed E-state index contributed by atoms with van der Waals surface area (Å²) < 4.78 is 20.3. The fourth-order valence-electron chi connectivity index (χ4n) is 4.63. The van der Waals surface area contributed by atoms with Gasteiger partial charge in [-0.15, -0.1) is 0 Å². The van der Waals surface area contributed by atoms with E-state index in [1.165, 1.54) is 12.1 Å². The van der Waals surface area contributed by atoms with Crippen LogP contribution in [-0.4, -0.2) is 58.9 Å². The fourth-order valence-corrected chi connectivity index (χ4v) is 5.54. The number of nitrogens with zero attached hydrogens (tertiary/aromatic N) is 2. The fraction of sp³-hybridized carbons (Fsp3) is 0.462. The molecule has 5 nitrogen and oxygen atoms in total. The van der Waals surface area contributed by atoms with E-state index < -0.39 is 6.10 Å². The normalized spacial score (nSPS) is 19.1. The molecule has 7 heteroatoms. The van der Waals surface area contributed by atoms with Crippen LogP contribution in [0.5, 0.6) is 5.75 Å². The molecule has 0 saturated carbocycles. The van der Waals surface area contributed by atoms with Gasteiger partial charge < -0.3 is 14.5 Å². The Morgan fingerprint density at radius 2 is 1.91 bits per heavy atom. The zero-order valence-corrected chi connectivity index (χ0v) is 20.1. The zero-order chi connectivity index (χ0) is 23.4. The topological polar surface area (TPSA) is 49.9 Å². The third kappa shape index (κ3) is 5.18. The van der Waals surface area contributed by atoms with Gasteiger partial charge in [-0.25, -0.2) is 4.39 Å². The highest BCUT2D eigenvalue weighted by Crippen LogP contribution is 2.38. The molecule has 2 heterocycles. The van der Waals surface area contributed by atoms with Crippen molar-refractivity contribution in [2.24, 2.45) is 0 Å². The molecule has 2 aromatic carbocycles. The monoisotopic (exact) mass is 470 g/mol. The molecule has 1 fully saturated rings. The van der Waals surface area contributed by atoms with Crippen LogP contribution in [-0.2, 0) is 16.0 Å². The predicted octanol–water partition coefficient (Wildman–Crippen LogP) is 4.44. The van der Waals surface area contributed by atoms with Crippen LogP contribution in [0.3, 0.4) is 0 Å². The van der Waals surface area contributed by atoms with Gasteiger partial charge in [-0.2, -0.15) is 11.8 Å². The molecule has 2 aliphatic heterocycles. The molecule has 2 unspecified atom stereocenters. The highest BCUT2D eigenvalue weighted by Gasteiger charge is 2.33. The number of benzene rings is 2. The van der Waals surface area contributed by atoms with Crippen molar-refractivity contribution >= 4 is 23.6 Å². The summed E-state index contributed by atoms with van der Waals surface area (Å²) in [6.45, 7) is 5.89. The maximum absolute atomic E-state index is 14.1. The minimum absolute atomic E-state index is 0.0278. The van der Waals surface area contributed by atoms with Crippen molar-refractivity contribution in [3.8, 4) is 5.75 Å². The summed E-state index contributed by atoms with van der Waals surface area (Å²) in [4.78, 5) is 29.5. The number of hydrogen-bond acceptors (Lipinski definition) is 4. The van der Waals surface area contributed by atoms with Gasteiger partial charge in [0.1, 0.15) is 11.6 Å². The lowest BCUT2D eigenvalue weighted by Crippen LogP contribution is -2.45. The number of halogens is 1. The van der Waals surface area contributed by atoms with Crippen molar-refractivity contribution in [2.45, 2.75) is 45.3 Å². The van der Waals surface area contributed by atoms with E-state index in [4.69, 9.17) is 4.74 Å². The Hall–Kier alpha value is -2.54. The maximum atomic E-state index is 14.1. The van der Waals surface area contributed by atoms with Gasteiger partial charge >= 0.3 is 0 Å². The third-order valence-corrected chi connectivity index (χ3v) is 7.32. The molecule has 2 aromatic rings. The molecule has 0 N–H and O–H groups in total. The Bertz CT molecular complexity index is 1010. The van der Waals surface area contributed by atoms with Gasteiger partial charge in [-0.05, 0) is 53.8 Å². The number of carbonyl (C=O) groups excluding carboxylic acids is 2. The summed E-state index contributed by atoms with van der Waals surface area (Å²) >= 11 is 1.86. The van der Waals surface area contributed by atoms with Crippen LogP contribution in [0.25, 0.3) is 0 Å². The van der Waals surface area contributed by atoms with Crippen molar-refractivity contribution in [1.29, 1.82) is 0 Å². The summed E-state index contributed by atoms with van der Waals surface area (Å²) in [5, 5.41) is 0. The largest absolute Gasteiger partial charge is 0.481 e. The highest BCUT2D eigenvalue weighted by atomic mass is 32.2. The van der Waals surface area contributed by atoms with Crippen molar-refractivity contribution in [2.75, 3.05) is 31.1 Å². The Kier molecular flexibility index (Phi) is 7.58. The van der Waals surface area contributed by atoms with Gasteiger partial charge in [0.25, 0.3) is 5.91 Å². The van der Waals surface area contributed by atoms with Crippen molar-refractivity contribution in [3.63, 3.8) is 0 Å². The lowest BCUT2D eigenvalue weighted by atomic mass is 9.87. The summed E-state index contributed by atoms with van der Waals surface area (Å²) in [5.74, 6) is 2.25. The standard InChI is InChI=1S/C26H31FN2O3S/c1-3-23(26(31)28-12-14-33-15-13-28)32-21-9-8-18-10-11-29(24(30)4-2)25(22(18)17-21)19-6-5-7-20(27)16-19/h5-9,16-17,23,25H,3-4,10-15H2,1-2H3. The molecular formula is C26H31FN2O3S. The summed E-state index contributed by atoms with van der Waals surface area (Å²) in [7, 11) is 0. The number of fused-ring (bicyclic) bond motifs is 1. The summed E-state index contributed by atoms with van der Waals surface area (Å²) in [6.07, 6.45) is 1.15. The third-order valence-electron chi connectivity index (χ3n) is 6.38. The molecule has 2 aliphatic rings. The van der Waals surface area contributed by atoms with E-state index in [9.17, 15) is 14.0 Å². The van der Waals surface area contributed by atoms with Gasteiger partial charge in [0.05, 0.1) is 6.04 Å². The van der Waals surface area contributed by atoms with Gasteiger partial charge in [0.2, 0.25) is 5.91 Å². The van der Waals surface area contributed by atoms with Crippen LogP contribution < -0.4 is 4.74 Å². The minimum atomic E-state index is -0.546. The average Bonchev–Trinajstić information content (AvgIpc) is 2.86. The first-order valence-electron chi connectivity index (χ1n) is 11.7. The number of rotatable bonds is 6. The minimum Gasteiger partial charge on any atom is -0.481 e. The number of ether oxygens (including phenoxy) is 1. The first kappa shape index (κ1) is 23.6.